The summed E-state index contributed by atoms with van der Waals surface area (Å²) in [6.45, 7) is 1.95. The average molecular weight is 210 g/mol. The molecule has 0 spiro atoms. The summed E-state index contributed by atoms with van der Waals surface area (Å²) in [6.07, 6.45) is 0.697. The molecule has 0 saturated carbocycles. The van der Waals surface area contributed by atoms with E-state index in [2.05, 4.69) is 9.97 Å². The van der Waals surface area contributed by atoms with Gasteiger partial charge in [0.2, 0.25) is 0 Å². The molecule has 0 fully saturated rings. The predicted octanol–water partition coefficient (Wildman–Crippen LogP) is 0.695. The molecule has 0 aromatic carbocycles. The standard InChI is InChI=1S/C9H14N4S/c1-5(10)2-8-12-7-4-14-3-6(7)9(11)13-8/h5H,2-4,10H2,1H3,(H2,11,12,13). The molecule has 14 heavy (non-hydrogen) atoms. The van der Waals surface area contributed by atoms with Gasteiger partial charge in [-0.25, -0.2) is 9.97 Å². The minimum Gasteiger partial charge on any atom is -0.383 e. The lowest BCUT2D eigenvalue weighted by molar-refractivity contribution is 0.699. The Morgan fingerprint density at radius 1 is 1.43 bits per heavy atom. The fraction of sp³-hybridized carbons (Fsp3) is 0.556. The first kappa shape index (κ1) is 9.73. The van der Waals surface area contributed by atoms with E-state index in [4.69, 9.17) is 11.5 Å². The number of aromatic nitrogens is 2. The zero-order valence-corrected chi connectivity index (χ0v) is 8.97. The number of anilines is 1. The van der Waals surface area contributed by atoms with Crippen LogP contribution in [0.4, 0.5) is 5.82 Å². The van der Waals surface area contributed by atoms with Gasteiger partial charge in [0, 0.05) is 29.5 Å². The fourth-order valence-corrected chi connectivity index (χ4v) is 2.56. The van der Waals surface area contributed by atoms with Crippen molar-refractivity contribution >= 4 is 17.6 Å². The Kier molecular flexibility index (Phi) is 2.60. The van der Waals surface area contributed by atoms with Crippen LogP contribution in [0.3, 0.4) is 0 Å². The SMILES string of the molecule is CC(N)Cc1nc(N)c2c(n1)CSC2. The molecule has 0 amide bonds. The maximum absolute atomic E-state index is 5.84. The lowest BCUT2D eigenvalue weighted by atomic mass is 10.2. The second-order valence-electron chi connectivity index (χ2n) is 3.62. The van der Waals surface area contributed by atoms with Crippen molar-refractivity contribution in [2.75, 3.05) is 5.73 Å². The molecule has 4 N–H and O–H groups in total. The number of nitrogens with two attached hydrogens (primary N) is 2. The molecular weight excluding hydrogens is 196 g/mol. The topological polar surface area (TPSA) is 77.8 Å². The fourth-order valence-electron chi connectivity index (χ4n) is 1.51. The van der Waals surface area contributed by atoms with E-state index in [0.717, 1.165) is 28.6 Å². The van der Waals surface area contributed by atoms with Gasteiger partial charge in [-0.2, -0.15) is 11.8 Å². The molecule has 76 valence electrons. The summed E-state index contributed by atoms with van der Waals surface area (Å²) in [5, 5.41) is 0. The Hall–Kier alpha value is -0.810. The largest absolute Gasteiger partial charge is 0.383 e. The molecule has 0 saturated heterocycles. The van der Waals surface area contributed by atoms with Gasteiger partial charge in [-0.15, -0.1) is 0 Å². The molecule has 1 aromatic heterocycles. The molecule has 5 heteroatoms. The minimum absolute atomic E-state index is 0.0847. The normalized spacial score (nSPS) is 16.7. The zero-order chi connectivity index (χ0) is 10.1. The third kappa shape index (κ3) is 1.83. The zero-order valence-electron chi connectivity index (χ0n) is 8.16. The lowest BCUT2D eigenvalue weighted by Gasteiger charge is -2.07. The van der Waals surface area contributed by atoms with Crippen molar-refractivity contribution in [3.63, 3.8) is 0 Å². The van der Waals surface area contributed by atoms with E-state index < -0.39 is 0 Å². The van der Waals surface area contributed by atoms with Crippen molar-refractivity contribution in [1.82, 2.24) is 9.97 Å². The summed E-state index contributed by atoms with van der Waals surface area (Å²) in [5.74, 6) is 3.31. The van der Waals surface area contributed by atoms with E-state index in [-0.39, 0.29) is 6.04 Å². The third-order valence-electron chi connectivity index (χ3n) is 2.16. The summed E-state index contributed by atoms with van der Waals surface area (Å²) in [6, 6.07) is 0.0847. The van der Waals surface area contributed by atoms with Gasteiger partial charge in [-0.1, -0.05) is 0 Å². The molecule has 1 unspecified atom stereocenters. The molecule has 2 rings (SSSR count). The predicted molar refractivity (Wildman–Crippen MR) is 58.8 cm³/mol. The molecule has 2 heterocycles. The Balaban J connectivity index is 2.32. The van der Waals surface area contributed by atoms with Crippen molar-refractivity contribution in [2.24, 2.45) is 5.73 Å². The Morgan fingerprint density at radius 3 is 2.93 bits per heavy atom. The highest BCUT2D eigenvalue weighted by Gasteiger charge is 2.18. The second kappa shape index (κ2) is 3.74. The van der Waals surface area contributed by atoms with Gasteiger partial charge >= 0.3 is 0 Å². The molecule has 4 nitrogen and oxygen atoms in total. The van der Waals surface area contributed by atoms with Crippen LogP contribution in [0.25, 0.3) is 0 Å². The summed E-state index contributed by atoms with van der Waals surface area (Å²) in [7, 11) is 0. The molecule has 1 aromatic rings. The van der Waals surface area contributed by atoms with Gasteiger partial charge < -0.3 is 11.5 Å². The van der Waals surface area contributed by atoms with Crippen molar-refractivity contribution in [1.29, 1.82) is 0 Å². The van der Waals surface area contributed by atoms with Gasteiger partial charge in [0.1, 0.15) is 11.6 Å². The van der Waals surface area contributed by atoms with Crippen molar-refractivity contribution in [2.45, 2.75) is 30.9 Å². The number of hydrogen-bond donors (Lipinski definition) is 2. The van der Waals surface area contributed by atoms with Crippen LogP contribution < -0.4 is 11.5 Å². The molecule has 1 aliphatic heterocycles. The van der Waals surface area contributed by atoms with Crippen LogP contribution in [0.5, 0.6) is 0 Å². The minimum atomic E-state index is 0.0847. The molecule has 1 atom stereocenters. The first-order valence-electron chi connectivity index (χ1n) is 4.64. The molecule has 1 aliphatic rings. The first-order valence-corrected chi connectivity index (χ1v) is 5.79. The van der Waals surface area contributed by atoms with Crippen LogP contribution in [0.15, 0.2) is 0 Å². The highest BCUT2D eigenvalue weighted by molar-refractivity contribution is 7.98. The van der Waals surface area contributed by atoms with Crippen LogP contribution in [0.1, 0.15) is 24.0 Å². The summed E-state index contributed by atoms with van der Waals surface area (Å²) in [5.41, 5.74) is 13.7. The number of nitrogen functional groups attached to an aromatic ring is 1. The van der Waals surface area contributed by atoms with Crippen LogP contribution in [0, 0.1) is 0 Å². The van der Waals surface area contributed by atoms with Gasteiger partial charge in [0.15, 0.2) is 0 Å². The lowest BCUT2D eigenvalue weighted by Crippen LogP contribution is -2.20. The highest BCUT2D eigenvalue weighted by atomic mass is 32.2. The summed E-state index contributed by atoms with van der Waals surface area (Å²) in [4.78, 5) is 8.72. The van der Waals surface area contributed by atoms with Crippen LogP contribution >= 0.6 is 11.8 Å². The van der Waals surface area contributed by atoms with E-state index in [1.54, 1.807) is 0 Å². The van der Waals surface area contributed by atoms with E-state index in [1.807, 2.05) is 18.7 Å². The number of hydrogen-bond acceptors (Lipinski definition) is 5. The van der Waals surface area contributed by atoms with E-state index >= 15 is 0 Å². The van der Waals surface area contributed by atoms with Gasteiger partial charge in [0.25, 0.3) is 0 Å². The van der Waals surface area contributed by atoms with E-state index in [9.17, 15) is 0 Å². The smallest absolute Gasteiger partial charge is 0.132 e. The Labute approximate surface area is 87.5 Å². The van der Waals surface area contributed by atoms with Crippen LogP contribution in [-0.4, -0.2) is 16.0 Å². The molecule has 0 aliphatic carbocycles. The number of thioether (sulfide) groups is 1. The first-order chi connectivity index (χ1) is 6.66. The molecular formula is C9H14N4S. The Morgan fingerprint density at radius 2 is 2.21 bits per heavy atom. The maximum Gasteiger partial charge on any atom is 0.132 e. The van der Waals surface area contributed by atoms with E-state index in [0.29, 0.717) is 12.2 Å². The van der Waals surface area contributed by atoms with Gasteiger partial charge in [0.05, 0.1) is 5.69 Å². The molecule has 0 radical (unpaired) electrons. The van der Waals surface area contributed by atoms with Gasteiger partial charge in [-0.05, 0) is 6.92 Å². The van der Waals surface area contributed by atoms with Crippen LogP contribution in [0.2, 0.25) is 0 Å². The highest BCUT2D eigenvalue weighted by Crippen LogP contribution is 2.31. The third-order valence-corrected chi connectivity index (χ3v) is 3.13. The van der Waals surface area contributed by atoms with Crippen molar-refractivity contribution in [3.8, 4) is 0 Å². The van der Waals surface area contributed by atoms with Gasteiger partial charge in [-0.3, -0.25) is 0 Å². The Bertz CT molecular complexity index is 351. The number of fused-ring (bicyclic) bond motifs is 1. The second-order valence-corrected chi connectivity index (χ2v) is 4.61. The quantitative estimate of drug-likeness (QED) is 0.751. The van der Waals surface area contributed by atoms with E-state index in [1.165, 1.54) is 0 Å². The monoisotopic (exact) mass is 210 g/mol. The summed E-state index contributed by atoms with van der Waals surface area (Å²) >= 11 is 1.83. The molecule has 0 bridgehead atoms. The maximum atomic E-state index is 5.84. The van der Waals surface area contributed by atoms with Crippen molar-refractivity contribution in [3.05, 3.63) is 17.1 Å². The summed E-state index contributed by atoms with van der Waals surface area (Å²) < 4.78 is 0. The van der Waals surface area contributed by atoms with Crippen LogP contribution in [-0.2, 0) is 17.9 Å². The number of rotatable bonds is 2. The average Bonchev–Trinajstić information content (AvgIpc) is 2.50. The van der Waals surface area contributed by atoms with Crippen molar-refractivity contribution < 1.29 is 0 Å². The number of nitrogens with zero attached hydrogens (tertiary/aromatic N) is 2.